The average molecular weight is 185 g/mol. The molecule has 0 spiro atoms. The van der Waals surface area contributed by atoms with Gasteiger partial charge in [-0.3, -0.25) is 0 Å². The smallest absolute Gasteiger partial charge is 0.0266 e. The fraction of sp³-hybridized carbons (Fsp3) is 0.231. The van der Waals surface area contributed by atoms with Gasteiger partial charge in [-0.25, -0.2) is 0 Å². The van der Waals surface area contributed by atoms with Gasteiger partial charge in [-0.15, -0.1) is 0 Å². The molecule has 0 amide bonds. The van der Waals surface area contributed by atoms with Gasteiger partial charge < -0.3 is 5.73 Å². The van der Waals surface area contributed by atoms with Crippen LogP contribution >= 0.6 is 0 Å². The topological polar surface area (TPSA) is 26.0 Å². The molecular weight excluding hydrogens is 170 g/mol. The molecule has 0 fully saturated rings. The number of aryl methyl sites for hydroxylation is 1. The monoisotopic (exact) mass is 185 g/mol. The first-order chi connectivity index (χ1) is 6.68. The third-order valence-corrected chi connectivity index (χ3v) is 2.65. The Kier molecular flexibility index (Phi) is 2.26. The summed E-state index contributed by atoms with van der Waals surface area (Å²) in [5.41, 5.74) is 8.36. The lowest BCUT2D eigenvalue weighted by atomic mass is 10.0. The molecule has 0 radical (unpaired) electrons. The summed E-state index contributed by atoms with van der Waals surface area (Å²) < 4.78 is 0. The van der Waals surface area contributed by atoms with Crippen molar-refractivity contribution in [3.63, 3.8) is 0 Å². The van der Waals surface area contributed by atoms with Gasteiger partial charge in [-0.2, -0.15) is 0 Å². The van der Waals surface area contributed by atoms with Gasteiger partial charge >= 0.3 is 0 Å². The maximum absolute atomic E-state index is 5.84. The predicted molar refractivity (Wildman–Crippen MR) is 61.3 cm³/mol. The SMILES string of the molecule is Cc1cccc2cc([C@@H](C)N)ccc12. The number of rotatable bonds is 1. The number of fused-ring (bicyclic) bond motifs is 1. The lowest BCUT2D eigenvalue weighted by Crippen LogP contribution is -2.04. The minimum Gasteiger partial charge on any atom is -0.324 e. The van der Waals surface area contributed by atoms with Crippen LogP contribution in [-0.2, 0) is 0 Å². The zero-order valence-electron chi connectivity index (χ0n) is 8.62. The summed E-state index contributed by atoms with van der Waals surface area (Å²) in [6.07, 6.45) is 0. The second kappa shape index (κ2) is 3.43. The third-order valence-electron chi connectivity index (χ3n) is 2.65. The predicted octanol–water partition coefficient (Wildman–Crippen LogP) is 3.17. The van der Waals surface area contributed by atoms with Gasteiger partial charge in [0.1, 0.15) is 0 Å². The molecule has 0 aliphatic carbocycles. The number of nitrogens with two attached hydrogens (primary N) is 1. The summed E-state index contributed by atoms with van der Waals surface area (Å²) in [7, 11) is 0. The van der Waals surface area contributed by atoms with E-state index in [1.807, 2.05) is 6.92 Å². The van der Waals surface area contributed by atoms with E-state index >= 15 is 0 Å². The molecule has 2 N–H and O–H groups in total. The highest BCUT2D eigenvalue weighted by molar-refractivity contribution is 5.86. The van der Waals surface area contributed by atoms with Crippen LogP contribution in [-0.4, -0.2) is 0 Å². The van der Waals surface area contributed by atoms with Crippen molar-refractivity contribution in [3.8, 4) is 0 Å². The molecule has 1 nitrogen and oxygen atoms in total. The normalized spacial score (nSPS) is 13.1. The van der Waals surface area contributed by atoms with Gasteiger partial charge in [-0.05, 0) is 41.8 Å². The number of hydrogen-bond donors (Lipinski definition) is 1. The van der Waals surface area contributed by atoms with Crippen LogP contribution in [0.2, 0.25) is 0 Å². The van der Waals surface area contributed by atoms with E-state index in [2.05, 4.69) is 43.3 Å². The standard InChI is InChI=1S/C13H15N/c1-9-4-3-5-12-8-11(10(2)14)6-7-13(9)12/h3-8,10H,14H2,1-2H3/t10-/m1/s1. The maximum Gasteiger partial charge on any atom is 0.0266 e. The molecule has 1 atom stereocenters. The third kappa shape index (κ3) is 1.51. The van der Waals surface area contributed by atoms with E-state index in [9.17, 15) is 0 Å². The lowest BCUT2D eigenvalue weighted by molar-refractivity contribution is 0.820. The minimum absolute atomic E-state index is 0.111. The van der Waals surface area contributed by atoms with Gasteiger partial charge in [0.2, 0.25) is 0 Å². The van der Waals surface area contributed by atoms with E-state index in [1.165, 1.54) is 21.9 Å². The van der Waals surface area contributed by atoms with Gasteiger partial charge in [0.25, 0.3) is 0 Å². The Morgan fingerprint density at radius 2 is 1.93 bits per heavy atom. The highest BCUT2D eigenvalue weighted by atomic mass is 14.6. The molecule has 0 bridgehead atoms. The Balaban J connectivity index is 2.67. The van der Waals surface area contributed by atoms with Crippen molar-refractivity contribution in [2.75, 3.05) is 0 Å². The lowest BCUT2D eigenvalue weighted by Gasteiger charge is -2.08. The highest BCUT2D eigenvalue weighted by Crippen LogP contribution is 2.21. The molecule has 0 heterocycles. The summed E-state index contributed by atoms with van der Waals surface area (Å²) in [6, 6.07) is 12.9. The molecule has 0 unspecified atom stereocenters. The van der Waals surface area contributed by atoms with Gasteiger partial charge in [-0.1, -0.05) is 30.3 Å². The second-order valence-electron chi connectivity index (χ2n) is 3.84. The molecule has 1 heteroatoms. The minimum atomic E-state index is 0.111. The fourth-order valence-corrected chi connectivity index (χ4v) is 1.75. The molecule has 0 aromatic heterocycles. The average Bonchev–Trinajstić information content (AvgIpc) is 2.17. The molecule has 0 aliphatic rings. The Labute approximate surface area is 84.5 Å². The van der Waals surface area contributed by atoms with E-state index in [0.29, 0.717) is 0 Å². The van der Waals surface area contributed by atoms with Crippen LogP contribution in [0, 0.1) is 6.92 Å². The van der Waals surface area contributed by atoms with Crippen molar-refractivity contribution < 1.29 is 0 Å². The molecule has 0 saturated carbocycles. The Morgan fingerprint density at radius 1 is 1.14 bits per heavy atom. The maximum atomic E-state index is 5.84. The van der Waals surface area contributed by atoms with E-state index < -0.39 is 0 Å². The Bertz CT molecular complexity index is 458. The second-order valence-corrected chi connectivity index (χ2v) is 3.84. The van der Waals surface area contributed by atoms with E-state index in [4.69, 9.17) is 5.73 Å². The first kappa shape index (κ1) is 9.22. The molecule has 0 saturated heterocycles. The van der Waals surface area contributed by atoms with Crippen LogP contribution in [0.1, 0.15) is 24.1 Å². The van der Waals surface area contributed by atoms with Crippen molar-refractivity contribution >= 4 is 10.8 Å². The van der Waals surface area contributed by atoms with Gasteiger partial charge in [0.15, 0.2) is 0 Å². The van der Waals surface area contributed by atoms with E-state index in [1.54, 1.807) is 0 Å². The van der Waals surface area contributed by atoms with Crippen molar-refractivity contribution in [1.82, 2.24) is 0 Å². The first-order valence-corrected chi connectivity index (χ1v) is 4.93. The van der Waals surface area contributed by atoms with E-state index in [0.717, 1.165) is 0 Å². The van der Waals surface area contributed by atoms with Gasteiger partial charge in [0.05, 0.1) is 0 Å². The van der Waals surface area contributed by atoms with E-state index in [-0.39, 0.29) is 6.04 Å². The Hall–Kier alpha value is -1.34. The quantitative estimate of drug-likeness (QED) is 0.725. The molecule has 2 rings (SSSR count). The number of hydrogen-bond acceptors (Lipinski definition) is 1. The van der Waals surface area contributed by atoms with Crippen molar-refractivity contribution in [2.24, 2.45) is 5.73 Å². The summed E-state index contributed by atoms with van der Waals surface area (Å²) in [6.45, 7) is 4.14. The van der Waals surface area contributed by atoms with Crippen molar-refractivity contribution in [2.45, 2.75) is 19.9 Å². The summed E-state index contributed by atoms with van der Waals surface area (Å²) >= 11 is 0. The van der Waals surface area contributed by atoms with Crippen LogP contribution in [0.25, 0.3) is 10.8 Å². The Morgan fingerprint density at radius 3 is 2.64 bits per heavy atom. The van der Waals surface area contributed by atoms with Crippen LogP contribution in [0.5, 0.6) is 0 Å². The van der Waals surface area contributed by atoms with Crippen molar-refractivity contribution in [1.29, 1.82) is 0 Å². The zero-order valence-corrected chi connectivity index (χ0v) is 8.62. The first-order valence-electron chi connectivity index (χ1n) is 4.93. The number of benzene rings is 2. The fourth-order valence-electron chi connectivity index (χ4n) is 1.75. The molecule has 0 aliphatic heterocycles. The van der Waals surface area contributed by atoms with Crippen molar-refractivity contribution in [3.05, 3.63) is 47.5 Å². The van der Waals surface area contributed by atoms with Crippen LogP contribution in [0.4, 0.5) is 0 Å². The van der Waals surface area contributed by atoms with Crippen LogP contribution in [0.15, 0.2) is 36.4 Å². The van der Waals surface area contributed by atoms with Crippen LogP contribution < -0.4 is 5.73 Å². The molecule has 14 heavy (non-hydrogen) atoms. The molecule has 72 valence electrons. The summed E-state index contributed by atoms with van der Waals surface area (Å²) in [4.78, 5) is 0. The zero-order chi connectivity index (χ0) is 10.1. The summed E-state index contributed by atoms with van der Waals surface area (Å²) in [5.74, 6) is 0. The van der Waals surface area contributed by atoms with Gasteiger partial charge in [0, 0.05) is 6.04 Å². The molecule has 2 aromatic carbocycles. The highest BCUT2D eigenvalue weighted by Gasteiger charge is 2.01. The molecular formula is C13H15N. The van der Waals surface area contributed by atoms with Crippen LogP contribution in [0.3, 0.4) is 0 Å². The molecule has 2 aromatic rings. The largest absolute Gasteiger partial charge is 0.324 e. The summed E-state index contributed by atoms with van der Waals surface area (Å²) in [5, 5.41) is 2.59.